The highest BCUT2D eigenvalue weighted by molar-refractivity contribution is 8.00. The highest BCUT2D eigenvalue weighted by Crippen LogP contribution is 2.21. The summed E-state index contributed by atoms with van der Waals surface area (Å²) in [5.41, 5.74) is 0. The third-order valence-electron chi connectivity index (χ3n) is 1.97. The van der Waals surface area contributed by atoms with Crippen LogP contribution in [0.5, 0.6) is 0 Å². The Labute approximate surface area is 93.0 Å². The lowest BCUT2D eigenvalue weighted by atomic mass is 10.3. The molecule has 6 heteroatoms. The molecule has 1 fully saturated rings. The molecule has 1 saturated heterocycles. The van der Waals surface area contributed by atoms with Crippen molar-refractivity contribution in [2.75, 3.05) is 5.75 Å². The first kappa shape index (κ1) is 12.3. The average Bonchev–Trinajstić information content (AvgIpc) is 2.50. The number of amides is 1. The van der Waals surface area contributed by atoms with Crippen molar-refractivity contribution >= 4 is 23.6 Å². The van der Waals surface area contributed by atoms with Gasteiger partial charge in [-0.15, -0.1) is 11.8 Å². The fraction of sp³-hybridized carbons (Fsp3) is 0.778. The molecule has 15 heavy (non-hydrogen) atoms. The van der Waals surface area contributed by atoms with Gasteiger partial charge in [0.05, 0.1) is 11.8 Å². The minimum absolute atomic E-state index is 0.0407. The first-order valence-corrected chi connectivity index (χ1v) is 5.93. The first-order valence-electron chi connectivity index (χ1n) is 4.89. The Morgan fingerprint density at radius 2 is 2.27 bits per heavy atom. The van der Waals surface area contributed by atoms with Crippen molar-refractivity contribution in [2.24, 2.45) is 0 Å². The molecule has 0 spiro atoms. The summed E-state index contributed by atoms with van der Waals surface area (Å²) in [6.45, 7) is 3.79. The highest BCUT2D eigenvalue weighted by Gasteiger charge is 2.30. The van der Waals surface area contributed by atoms with Crippen LogP contribution in [-0.4, -0.2) is 40.2 Å². The first-order chi connectivity index (χ1) is 6.99. The summed E-state index contributed by atoms with van der Waals surface area (Å²) in [6, 6.07) is -0.397. The molecule has 0 aromatic carbocycles. The predicted octanol–water partition coefficient (Wildman–Crippen LogP) is 0.0168. The number of hydrogen-bond acceptors (Lipinski definition) is 4. The Hall–Kier alpha value is -0.750. The number of carbonyl (C=O) groups excluding carboxylic acids is 1. The molecule has 5 nitrogen and oxygen atoms in total. The Balaban J connectivity index is 2.30. The van der Waals surface area contributed by atoms with E-state index in [0.29, 0.717) is 12.2 Å². The van der Waals surface area contributed by atoms with Gasteiger partial charge in [-0.25, -0.2) is 0 Å². The van der Waals surface area contributed by atoms with Crippen molar-refractivity contribution in [3.05, 3.63) is 0 Å². The second-order valence-electron chi connectivity index (χ2n) is 3.81. The zero-order chi connectivity index (χ0) is 11.4. The number of carbonyl (C=O) groups is 2. The van der Waals surface area contributed by atoms with E-state index in [1.165, 1.54) is 11.8 Å². The second-order valence-corrected chi connectivity index (χ2v) is 5.04. The van der Waals surface area contributed by atoms with Crippen LogP contribution >= 0.6 is 11.8 Å². The molecule has 0 saturated carbocycles. The monoisotopic (exact) mass is 232 g/mol. The van der Waals surface area contributed by atoms with E-state index >= 15 is 0 Å². The van der Waals surface area contributed by atoms with Gasteiger partial charge in [0.15, 0.2) is 0 Å². The molecule has 1 heterocycles. The Morgan fingerprint density at radius 3 is 2.73 bits per heavy atom. The number of aliphatic carboxylic acids is 1. The van der Waals surface area contributed by atoms with Gasteiger partial charge in [0.2, 0.25) is 5.91 Å². The summed E-state index contributed by atoms with van der Waals surface area (Å²) in [5.74, 6) is -0.370. The van der Waals surface area contributed by atoms with Crippen molar-refractivity contribution in [2.45, 2.75) is 37.7 Å². The highest BCUT2D eigenvalue weighted by atomic mass is 32.2. The van der Waals surface area contributed by atoms with E-state index in [0.717, 1.165) is 0 Å². The van der Waals surface area contributed by atoms with Gasteiger partial charge in [0.25, 0.3) is 0 Å². The zero-order valence-electron chi connectivity index (χ0n) is 8.82. The van der Waals surface area contributed by atoms with Gasteiger partial charge in [-0.2, -0.15) is 0 Å². The summed E-state index contributed by atoms with van der Waals surface area (Å²) in [7, 11) is 0. The Kier molecular flexibility index (Phi) is 4.41. The van der Waals surface area contributed by atoms with Crippen LogP contribution in [0.4, 0.5) is 0 Å². The van der Waals surface area contributed by atoms with Crippen LogP contribution in [0.2, 0.25) is 0 Å². The molecule has 0 aliphatic carbocycles. The number of rotatable bonds is 4. The average molecular weight is 232 g/mol. The maximum atomic E-state index is 11.4. The molecule has 3 N–H and O–H groups in total. The van der Waals surface area contributed by atoms with Crippen LogP contribution in [0, 0.1) is 0 Å². The summed E-state index contributed by atoms with van der Waals surface area (Å²) in [4.78, 5) is 22.0. The molecule has 0 bridgehead atoms. The van der Waals surface area contributed by atoms with E-state index in [-0.39, 0.29) is 17.3 Å². The predicted molar refractivity (Wildman–Crippen MR) is 58.7 cm³/mol. The smallest absolute Gasteiger partial charge is 0.321 e. The summed E-state index contributed by atoms with van der Waals surface area (Å²) in [5, 5.41) is 14.3. The SMILES string of the molecule is CC(C)NC(=O)CC1N[C@@H](C(=O)O)CS1. The largest absolute Gasteiger partial charge is 0.480 e. The third kappa shape index (κ3) is 4.09. The molecule has 0 radical (unpaired) electrons. The zero-order valence-corrected chi connectivity index (χ0v) is 9.63. The van der Waals surface area contributed by atoms with Crippen molar-refractivity contribution in [3.8, 4) is 0 Å². The van der Waals surface area contributed by atoms with Crippen LogP contribution in [0.25, 0.3) is 0 Å². The summed E-state index contributed by atoms with van der Waals surface area (Å²) in [6.07, 6.45) is 0.326. The fourth-order valence-electron chi connectivity index (χ4n) is 1.34. The van der Waals surface area contributed by atoms with Gasteiger partial charge < -0.3 is 10.4 Å². The van der Waals surface area contributed by atoms with E-state index in [2.05, 4.69) is 10.6 Å². The maximum absolute atomic E-state index is 11.4. The number of hydrogen-bond donors (Lipinski definition) is 3. The maximum Gasteiger partial charge on any atom is 0.321 e. The van der Waals surface area contributed by atoms with Crippen LogP contribution in [0.15, 0.2) is 0 Å². The van der Waals surface area contributed by atoms with Crippen molar-refractivity contribution < 1.29 is 14.7 Å². The van der Waals surface area contributed by atoms with Crippen LogP contribution in [0.3, 0.4) is 0 Å². The Bertz CT molecular complexity index is 258. The normalized spacial score (nSPS) is 25.5. The molecule has 1 aliphatic rings. The summed E-state index contributed by atoms with van der Waals surface area (Å²) >= 11 is 1.48. The van der Waals surface area contributed by atoms with E-state index in [9.17, 15) is 9.59 Å². The van der Waals surface area contributed by atoms with E-state index in [4.69, 9.17) is 5.11 Å². The third-order valence-corrected chi connectivity index (χ3v) is 3.20. The lowest BCUT2D eigenvalue weighted by molar-refractivity contribution is -0.138. The topological polar surface area (TPSA) is 78.4 Å². The molecule has 2 atom stereocenters. The van der Waals surface area contributed by atoms with Crippen molar-refractivity contribution in [3.63, 3.8) is 0 Å². The van der Waals surface area contributed by atoms with E-state index in [1.807, 2.05) is 13.8 Å². The number of carboxylic acids is 1. The van der Waals surface area contributed by atoms with Gasteiger partial charge in [-0.3, -0.25) is 14.9 Å². The number of thioether (sulfide) groups is 1. The van der Waals surface area contributed by atoms with Crippen LogP contribution in [-0.2, 0) is 9.59 Å². The molecule has 86 valence electrons. The molecule has 1 amide bonds. The van der Waals surface area contributed by atoms with Gasteiger partial charge >= 0.3 is 5.97 Å². The van der Waals surface area contributed by atoms with Crippen molar-refractivity contribution in [1.82, 2.24) is 10.6 Å². The molecule has 0 aromatic heterocycles. The van der Waals surface area contributed by atoms with Crippen LogP contribution < -0.4 is 10.6 Å². The minimum atomic E-state index is -0.853. The molecule has 1 rings (SSSR count). The number of nitrogens with one attached hydrogen (secondary N) is 2. The quantitative estimate of drug-likeness (QED) is 0.637. The molecular formula is C9H16N2O3S. The second kappa shape index (κ2) is 5.37. The molecule has 0 aromatic rings. The summed E-state index contributed by atoms with van der Waals surface area (Å²) < 4.78 is 0. The lowest BCUT2D eigenvalue weighted by Crippen LogP contribution is -2.39. The number of carboxylic acid groups (broad SMARTS) is 1. The van der Waals surface area contributed by atoms with Gasteiger partial charge in [-0.05, 0) is 13.8 Å². The van der Waals surface area contributed by atoms with Gasteiger partial charge in [0, 0.05) is 11.8 Å². The minimum Gasteiger partial charge on any atom is -0.480 e. The molecular weight excluding hydrogens is 216 g/mol. The lowest BCUT2D eigenvalue weighted by Gasteiger charge is -2.12. The van der Waals surface area contributed by atoms with Crippen LogP contribution in [0.1, 0.15) is 20.3 Å². The standard InChI is InChI=1S/C9H16N2O3S/c1-5(2)10-7(12)3-8-11-6(4-15-8)9(13)14/h5-6,8,11H,3-4H2,1-2H3,(H,10,12)(H,13,14)/t6-,8?/m1/s1. The fourth-order valence-corrected chi connectivity index (χ4v) is 2.54. The van der Waals surface area contributed by atoms with E-state index in [1.54, 1.807) is 0 Å². The van der Waals surface area contributed by atoms with Crippen molar-refractivity contribution in [1.29, 1.82) is 0 Å². The molecule has 1 unspecified atom stereocenters. The molecule has 1 aliphatic heterocycles. The van der Waals surface area contributed by atoms with Gasteiger partial charge in [-0.1, -0.05) is 0 Å². The van der Waals surface area contributed by atoms with Gasteiger partial charge in [0.1, 0.15) is 6.04 Å². The Morgan fingerprint density at radius 1 is 1.60 bits per heavy atom. The van der Waals surface area contributed by atoms with E-state index < -0.39 is 12.0 Å².